The quantitative estimate of drug-likeness (QED) is 0.417. The van der Waals surface area contributed by atoms with E-state index in [-0.39, 0.29) is 0 Å². The van der Waals surface area contributed by atoms with Gasteiger partial charge in [-0.05, 0) is 34.1 Å². The minimum absolute atomic E-state index is 0.349. The van der Waals surface area contributed by atoms with Gasteiger partial charge in [-0.15, -0.1) is 0 Å². The summed E-state index contributed by atoms with van der Waals surface area (Å²) in [6.07, 6.45) is 0.349. The number of fused-ring (bicyclic) bond motifs is 1. The van der Waals surface area contributed by atoms with Crippen LogP contribution in [0, 0.1) is 0 Å². The number of aldehydes is 1. The first-order valence-electron chi connectivity index (χ1n) is 6.08. The van der Waals surface area contributed by atoms with Gasteiger partial charge in [-0.2, -0.15) is 0 Å². The zero-order valence-electron chi connectivity index (χ0n) is 10.4. The van der Waals surface area contributed by atoms with Gasteiger partial charge in [-0.25, -0.2) is 0 Å². The van der Waals surface area contributed by atoms with E-state index < -0.39 is 5.78 Å². The number of para-hydroxylation sites is 2. The number of carbonyl (C=O) groups is 2. The van der Waals surface area contributed by atoms with E-state index in [9.17, 15) is 9.59 Å². The van der Waals surface area contributed by atoms with E-state index >= 15 is 0 Å². The van der Waals surface area contributed by atoms with Crippen LogP contribution in [0.2, 0.25) is 0 Å². The highest BCUT2D eigenvalue weighted by Gasteiger charge is 2.20. The van der Waals surface area contributed by atoms with Crippen molar-refractivity contribution in [3.8, 4) is 5.69 Å². The number of aromatic nitrogens is 1. The number of rotatable bonds is 3. The van der Waals surface area contributed by atoms with Gasteiger partial charge in [-0.1, -0.05) is 36.4 Å². The number of nitrogens with zero attached hydrogens (tertiary/aromatic N) is 1. The summed E-state index contributed by atoms with van der Waals surface area (Å²) < 4.78 is 2.52. The molecular weight excluding hydrogens is 318 g/mol. The highest BCUT2D eigenvalue weighted by atomic mass is 79.9. The Balaban J connectivity index is 2.42. The van der Waals surface area contributed by atoms with E-state index in [2.05, 4.69) is 15.9 Å². The lowest BCUT2D eigenvalue weighted by Crippen LogP contribution is -2.01. The van der Waals surface area contributed by atoms with Crippen molar-refractivity contribution in [2.75, 3.05) is 0 Å². The van der Waals surface area contributed by atoms with Crippen molar-refractivity contribution in [3.63, 3.8) is 0 Å². The van der Waals surface area contributed by atoms with Gasteiger partial charge in [0, 0.05) is 11.1 Å². The van der Waals surface area contributed by atoms with E-state index in [1.165, 1.54) is 0 Å². The summed E-state index contributed by atoms with van der Waals surface area (Å²) in [6.45, 7) is 0. The first-order chi connectivity index (χ1) is 9.74. The summed E-state index contributed by atoms with van der Waals surface area (Å²) in [5.74, 6) is -0.525. The fourth-order valence-electron chi connectivity index (χ4n) is 2.33. The average Bonchev–Trinajstić information content (AvgIpc) is 2.79. The zero-order chi connectivity index (χ0) is 14.1. The lowest BCUT2D eigenvalue weighted by Gasteiger charge is -2.06. The molecule has 3 rings (SSSR count). The summed E-state index contributed by atoms with van der Waals surface area (Å²) >= 11 is 3.46. The lowest BCUT2D eigenvalue weighted by atomic mass is 10.1. The highest BCUT2D eigenvalue weighted by Crippen LogP contribution is 2.33. The van der Waals surface area contributed by atoms with Crippen molar-refractivity contribution in [2.24, 2.45) is 0 Å². The van der Waals surface area contributed by atoms with Gasteiger partial charge >= 0.3 is 0 Å². The van der Waals surface area contributed by atoms with Crippen LogP contribution in [0.4, 0.5) is 0 Å². The molecule has 0 aliphatic rings. The molecule has 3 aromatic rings. The molecule has 0 radical (unpaired) electrons. The predicted molar refractivity (Wildman–Crippen MR) is 81.4 cm³/mol. The molecule has 0 spiro atoms. The van der Waals surface area contributed by atoms with E-state index in [4.69, 9.17) is 0 Å². The largest absolute Gasteiger partial charge is 0.303 e. The number of hydrogen-bond donors (Lipinski definition) is 0. The fraction of sp³-hybridized carbons (Fsp3) is 0. The molecule has 3 nitrogen and oxygen atoms in total. The highest BCUT2D eigenvalue weighted by molar-refractivity contribution is 9.10. The van der Waals surface area contributed by atoms with Crippen LogP contribution < -0.4 is 0 Å². The zero-order valence-corrected chi connectivity index (χ0v) is 12.0. The summed E-state index contributed by atoms with van der Waals surface area (Å²) in [7, 11) is 0. The van der Waals surface area contributed by atoms with Crippen molar-refractivity contribution in [1.82, 2.24) is 4.57 Å². The second-order valence-corrected chi connectivity index (χ2v) is 5.09. The van der Waals surface area contributed by atoms with Crippen LogP contribution in [0.25, 0.3) is 16.6 Å². The molecule has 0 saturated carbocycles. The number of hydrogen-bond acceptors (Lipinski definition) is 2. The Morgan fingerprint density at radius 1 is 1.00 bits per heavy atom. The van der Waals surface area contributed by atoms with Gasteiger partial charge in [0.1, 0.15) is 4.60 Å². The van der Waals surface area contributed by atoms with Gasteiger partial charge in [0.05, 0.1) is 11.1 Å². The Kier molecular flexibility index (Phi) is 3.24. The van der Waals surface area contributed by atoms with Crippen LogP contribution in [0.3, 0.4) is 0 Å². The number of ketones is 1. The normalized spacial score (nSPS) is 10.7. The number of halogens is 1. The minimum Gasteiger partial charge on any atom is -0.303 e. The minimum atomic E-state index is -0.525. The molecule has 98 valence electrons. The van der Waals surface area contributed by atoms with E-state index in [0.717, 1.165) is 16.6 Å². The van der Waals surface area contributed by atoms with Gasteiger partial charge in [0.2, 0.25) is 5.78 Å². The smallest absolute Gasteiger partial charge is 0.228 e. The van der Waals surface area contributed by atoms with Gasteiger partial charge in [-0.3, -0.25) is 9.59 Å². The first-order valence-corrected chi connectivity index (χ1v) is 6.87. The monoisotopic (exact) mass is 327 g/mol. The summed E-state index contributed by atoms with van der Waals surface area (Å²) in [6, 6.07) is 17.2. The standard InChI is InChI=1S/C16H10BrNO2/c17-16-15(14(20)10-19)12-8-4-5-9-13(12)18(16)11-6-2-1-3-7-11/h1-10H. The molecular formula is C16H10BrNO2. The third-order valence-corrected chi connectivity index (χ3v) is 3.94. The van der Waals surface area contributed by atoms with Crippen molar-refractivity contribution < 1.29 is 9.59 Å². The van der Waals surface area contributed by atoms with Crippen LogP contribution in [0.15, 0.2) is 59.2 Å². The molecule has 0 atom stereocenters. The van der Waals surface area contributed by atoms with Gasteiger partial charge < -0.3 is 4.57 Å². The number of carbonyl (C=O) groups excluding carboxylic acids is 2. The van der Waals surface area contributed by atoms with Crippen LogP contribution >= 0.6 is 15.9 Å². The number of benzene rings is 2. The molecule has 1 aromatic heterocycles. The van der Waals surface area contributed by atoms with E-state index in [0.29, 0.717) is 16.5 Å². The molecule has 0 amide bonds. The molecule has 0 aliphatic carbocycles. The topological polar surface area (TPSA) is 39.1 Å². The summed E-state index contributed by atoms with van der Waals surface area (Å²) in [5, 5.41) is 0.764. The molecule has 0 bridgehead atoms. The molecule has 0 saturated heterocycles. The van der Waals surface area contributed by atoms with Crippen molar-refractivity contribution in [3.05, 3.63) is 64.8 Å². The molecule has 2 aromatic carbocycles. The summed E-state index contributed by atoms with van der Waals surface area (Å²) in [5.41, 5.74) is 2.22. The predicted octanol–water partition coefficient (Wildman–Crippen LogP) is 3.77. The molecule has 1 heterocycles. The summed E-state index contributed by atoms with van der Waals surface area (Å²) in [4.78, 5) is 22.7. The molecule has 0 unspecified atom stereocenters. The van der Waals surface area contributed by atoms with Crippen LogP contribution in [-0.4, -0.2) is 16.6 Å². The maximum Gasteiger partial charge on any atom is 0.228 e. The Hall–Kier alpha value is -2.20. The molecule has 4 heteroatoms. The SMILES string of the molecule is O=CC(=O)c1c(Br)n(-c2ccccc2)c2ccccc12. The maximum absolute atomic E-state index is 11.9. The van der Waals surface area contributed by atoms with E-state index in [1.54, 1.807) is 0 Å². The third kappa shape index (κ3) is 1.89. The lowest BCUT2D eigenvalue weighted by molar-refractivity contribution is -0.104. The van der Waals surface area contributed by atoms with Crippen LogP contribution in [0.5, 0.6) is 0 Å². The number of Topliss-reactive ketones (excluding diaryl/α,β-unsaturated/α-hetero) is 1. The molecule has 0 aliphatic heterocycles. The Bertz CT molecular complexity index is 806. The van der Waals surface area contributed by atoms with Crippen LogP contribution in [-0.2, 0) is 4.79 Å². The second-order valence-electron chi connectivity index (χ2n) is 4.34. The Morgan fingerprint density at radius 2 is 1.65 bits per heavy atom. The average molecular weight is 328 g/mol. The fourth-order valence-corrected chi connectivity index (χ4v) is 3.14. The van der Waals surface area contributed by atoms with Crippen molar-refractivity contribution in [2.45, 2.75) is 0 Å². The van der Waals surface area contributed by atoms with Crippen LogP contribution in [0.1, 0.15) is 10.4 Å². The Labute approximate surface area is 124 Å². The second kappa shape index (κ2) is 5.06. The van der Waals surface area contributed by atoms with Crippen molar-refractivity contribution in [1.29, 1.82) is 0 Å². The third-order valence-electron chi connectivity index (χ3n) is 3.18. The van der Waals surface area contributed by atoms with Gasteiger partial charge in [0.25, 0.3) is 0 Å². The maximum atomic E-state index is 11.9. The molecule has 0 N–H and O–H groups in total. The molecule has 0 fully saturated rings. The van der Waals surface area contributed by atoms with Crippen molar-refractivity contribution >= 4 is 38.9 Å². The Morgan fingerprint density at radius 3 is 2.35 bits per heavy atom. The first kappa shape index (κ1) is 12.8. The van der Waals surface area contributed by atoms with Gasteiger partial charge in [0.15, 0.2) is 6.29 Å². The van der Waals surface area contributed by atoms with E-state index in [1.807, 2.05) is 59.2 Å². The molecule has 20 heavy (non-hydrogen) atoms.